The zero-order valence-corrected chi connectivity index (χ0v) is 17.5. The van der Waals surface area contributed by atoms with Crippen LogP contribution >= 0.6 is 0 Å². The summed E-state index contributed by atoms with van der Waals surface area (Å²) in [6.07, 6.45) is 4.53. The molecule has 0 saturated heterocycles. The number of aryl methyl sites for hydroxylation is 2. The van der Waals surface area contributed by atoms with E-state index in [0.29, 0.717) is 29.6 Å². The molecule has 4 aromatic rings. The van der Waals surface area contributed by atoms with Crippen molar-refractivity contribution >= 4 is 23.1 Å². The maximum Gasteiger partial charge on any atom is 0.265 e. The van der Waals surface area contributed by atoms with E-state index >= 15 is 0 Å². The number of anilines is 3. The molecule has 0 saturated carbocycles. The number of nitrogens with one attached hydrogen (secondary N) is 2. The summed E-state index contributed by atoms with van der Waals surface area (Å²) in [4.78, 5) is 21.5. The lowest BCUT2D eigenvalue weighted by Gasteiger charge is -2.25. The summed E-state index contributed by atoms with van der Waals surface area (Å²) in [5.41, 5.74) is 2.69. The van der Waals surface area contributed by atoms with Crippen LogP contribution in [0.3, 0.4) is 0 Å². The lowest BCUT2D eigenvalue weighted by molar-refractivity contribution is -0.123. The summed E-state index contributed by atoms with van der Waals surface area (Å²) in [6, 6.07) is 19.0. The van der Waals surface area contributed by atoms with E-state index in [-0.39, 0.29) is 5.91 Å². The molecule has 0 unspecified atom stereocenters. The van der Waals surface area contributed by atoms with E-state index in [1.807, 2.05) is 73.8 Å². The van der Waals surface area contributed by atoms with E-state index in [1.54, 1.807) is 10.9 Å². The molecule has 3 heterocycles. The van der Waals surface area contributed by atoms with Crippen molar-refractivity contribution in [2.45, 2.75) is 25.9 Å². The summed E-state index contributed by atoms with van der Waals surface area (Å²) in [5.74, 6) is 2.62. The maximum atomic E-state index is 12.7. The van der Waals surface area contributed by atoms with Crippen LogP contribution in [0.5, 0.6) is 5.75 Å². The Morgan fingerprint density at radius 1 is 1.06 bits per heavy atom. The van der Waals surface area contributed by atoms with Gasteiger partial charge in [0, 0.05) is 29.8 Å². The van der Waals surface area contributed by atoms with Gasteiger partial charge in [-0.2, -0.15) is 5.10 Å². The molecule has 8 heteroatoms. The van der Waals surface area contributed by atoms with Gasteiger partial charge in [0.15, 0.2) is 11.9 Å². The largest absolute Gasteiger partial charge is 0.480 e. The molecule has 1 aliphatic heterocycles. The molecule has 5 rings (SSSR count). The molecule has 160 valence electrons. The minimum atomic E-state index is -0.493. The molecular formula is C24H22N6O2. The van der Waals surface area contributed by atoms with Crippen LogP contribution in [0, 0.1) is 6.92 Å². The minimum absolute atomic E-state index is 0.143. The molecule has 0 spiro atoms. The number of fused-ring (bicyclic) bond motifs is 1. The molecular weight excluding hydrogens is 404 g/mol. The normalized spacial score (nSPS) is 14.8. The number of carbonyl (C=O) groups is 1. The molecule has 8 nitrogen and oxygen atoms in total. The first-order valence-electron chi connectivity index (χ1n) is 10.4. The fourth-order valence-corrected chi connectivity index (χ4v) is 3.65. The summed E-state index contributed by atoms with van der Waals surface area (Å²) < 4.78 is 7.56. The number of hydrogen-bond donors (Lipinski definition) is 2. The SMILES string of the molecule is Cc1nc(Nc2ccc(NC(=O)[C@@H]3CCc4ccccc4O3)cc2)cc(-n2cccn2)n1. The van der Waals surface area contributed by atoms with Gasteiger partial charge in [0.1, 0.15) is 17.4 Å². The van der Waals surface area contributed by atoms with Crippen LogP contribution in [0.2, 0.25) is 0 Å². The highest BCUT2D eigenvalue weighted by molar-refractivity contribution is 5.94. The van der Waals surface area contributed by atoms with E-state index in [2.05, 4.69) is 25.7 Å². The maximum absolute atomic E-state index is 12.7. The number of nitrogens with zero attached hydrogens (tertiary/aromatic N) is 4. The minimum Gasteiger partial charge on any atom is -0.480 e. The van der Waals surface area contributed by atoms with E-state index in [1.165, 1.54) is 0 Å². The second kappa shape index (κ2) is 8.50. The number of amides is 1. The van der Waals surface area contributed by atoms with E-state index in [4.69, 9.17) is 4.74 Å². The van der Waals surface area contributed by atoms with E-state index in [9.17, 15) is 4.79 Å². The van der Waals surface area contributed by atoms with Crippen LogP contribution in [0.1, 0.15) is 17.8 Å². The van der Waals surface area contributed by atoms with Crippen LogP contribution in [0.4, 0.5) is 17.2 Å². The Labute approximate surface area is 185 Å². The number of aromatic nitrogens is 4. The number of benzene rings is 2. The van der Waals surface area contributed by atoms with Gasteiger partial charge in [-0.3, -0.25) is 4.79 Å². The topological polar surface area (TPSA) is 94.0 Å². The molecule has 1 atom stereocenters. The third-order valence-electron chi connectivity index (χ3n) is 5.20. The van der Waals surface area contributed by atoms with Crippen LogP contribution in [-0.4, -0.2) is 31.8 Å². The summed E-state index contributed by atoms with van der Waals surface area (Å²) in [7, 11) is 0. The molecule has 1 aliphatic rings. The fourth-order valence-electron chi connectivity index (χ4n) is 3.65. The third-order valence-corrected chi connectivity index (χ3v) is 5.20. The van der Waals surface area contributed by atoms with Crippen molar-refractivity contribution in [2.75, 3.05) is 10.6 Å². The van der Waals surface area contributed by atoms with Gasteiger partial charge in [-0.15, -0.1) is 0 Å². The molecule has 32 heavy (non-hydrogen) atoms. The van der Waals surface area contributed by atoms with Crippen molar-refractivity contribution in [2.24, 2.45) is 0 Å². The molecule has 1 amide bonds. The number of ether oxygens (including phenoxy) is 1. The van der Waals surface area contributed by atoms with Crippen LogP contribution in [-0.2, 0) is 11.2 Å². The van der Waals surface area contributed by atoms with Crippen molar-refractivity contribution in [1.82, 2.24) is 19.7 Å². The third kappa shape index (κ3) is 4.29. The lowest BCUT2D eigenvalue weighted by atomic mass is 10.0. The van der Waals surface area contributed by atoms with Gasteiger partial charge < -0.3 is 15.4 Å². The molecule has 0 radical (unpaired) electrons. The van der Waals surface area contributed by atoms with Gasteiger partial charge in [-0.05, 0) is 61.7 Å². The molecule has 0 aliphatic carbocycles. The Morgan fingerprint density at radius 2 is 1.88 bits per heavy atom. The number of para-hydroxylation sites is 1. The Kier molecular flexibility index (Phi) is 5.25. The molecule has 2 aromatic carbocycles. The Balaban J connectivity index is 1.24. The van der Waals surface area contributed by atoms with Crippen molar-refractivity contribution in [3.63, 3.8) is 0 Å². The van der Waals surface area contributed by atoms with Gasteiger partial charge in [0.2, 0.25) is 0 Å². The average Bonchev–Trinajstić information content (AvgIpc) is 3.35. The van der Waals surface area contributed by atoms with Gasteiger partial charge in [-0.25, -0.2) is 14.6 Å². The molecule has 0 bridgehead atoms. The number of carbonyl (C=O) groups excluding carboxylic acids is 1. The smallest absolute Gasteiger partial charge is 0.265 e. The first-order valence-corrected chi connectivity index (χ1v) is 10.4. The Morgan fingerprint density at radius 3 is 2.69 bits per heavy atom. The summed E-state index contributed by atoms with van der Waals surface area (Å²) in [5, 5.41) is 10.4. The van der Waals surface area contributed by atoms with Crippen LogP contribution < -0.4 is 15.4 Å². The van der Waals surface area contributed by atoms with Crippen molar-refractivity contribution in [1.29, 1.82) is 0 Å². The second-order valence-corrected chi connectivity index (χ2v) is 7.55. The molecule has 2 N–H and O–H groups in total. The standard InChI is InChI=1S/C24H22N6O2/c1-16-26-22(15-23(27-16)30-14-4-13-25-30)28-18-8-10-19(11-9-18)29-24(31)21-12-7-17-5-2-3-6-20(17)32-21/h2-6,8-11,13-15,21H,7,12H2,1H3,(H,29,31)(H,26,27,28)/t21-/m0/s1. The highest BCUT2D eigenvalue weighted by Crippen LogP contribution is 2.28. The Bertz CT molecular complexity index is 1240. The molecule has 2 aromatic heterocycles. The first kappa shape index (κ1) is 19.7. The highest BCUT2D eigenvalue weighted by Gasteiger charge is 2.25. The zero-order valence-electron chi connectivity index (χ0n) is 17.5. The quantitative estimate of drug-likeness (QED) is 0.500. The van der Waals surface area contributed by atoms with Crippen molar-refractivity contribution < 1.29 is 9.53 Å². The monoisotopic (exact) mass is 426 g/mol. The van der Waals surface area contributed by atoms with Crippen molar-refractivity contribution in [3.05, 3.63) is 84.4 Å². The van der Waals surface area contributed by atoms with Crippen LogP contribution in [0.25, 0.3) is 5.82 Å². The summed E-state index contributed by atoms with van der Waals surface area (Å²) in [6.45, 7) is 1.84. The average molecular weight is 426 g/mol. The predicted octanol–water partition coefficient (Wildman–Crippen LogP) is 4.05. The molecule has 0 fully saturated rings. The van der Waals surface area contributed by atoms with Crippen LogP contribution in [0.15, 0.2) is 73.1 Å². The zero-order chi connectivity index (χ0) is 21.9. The predicted molar refractivity (Wildman–Crippen MR) is 121 cm³/mol. The van der Waals surface area contributed by atoms with E-state index in [0.717, 1.165) is 23.4 Å². The van der Waals surface area contributed by atoms with Gasteiger partial charge in [0.05, 0.1) is 0 Å². The van der Waals surface area contributed by atoms with Crippen molar-refractivity contribution in [3.8, 4) is 11.6 Å². The Hall–Kier alpha value is -4.20. The fraction of sp³-hybridized carbons (Fsp3) is 0.167. The highest BCUT2D eigenvalue weighted by atomic mass is 16.5. The number of rotatable bonds is 5. The van der Waals surface area contributed by atoms with E-state index < -0.39 is 6.10 Å². The lowest BCUT2D eigenvalue weighted by Crippen LogP contribution is -2.35. The number of hydrogen-bond acceptors (Lipinski definition) is 6. The summed E-state index contributed by atoms with van der Waals surface area (Å²) >= 11 is 0. The van der Waals surface area contributed by atoms with Gasteiger partial charge in [-0.1, -0.05) is 18.2 Å². The second-order valence-electron chi connectivity index (χ2n) is 7.55. The van der Waals surface area contributed by atoms with Gasteiger partial charge >= 0.3 is 0 Å². The van der Waals surface area contributed by atoms with Gasteiger partial charge in [0.25, 0.3) is 5.91 Å². The first-order chi connectivity index (χ1) is 15.6.